The van der Waals surface area contributed by atoms with Gasteiger partial charge < -0.3 is 10.1 Å². The van der Waals surface area contributed by atoms with Gasteiger partial charge in [0.1, 0.15) is 12.4 Å². The Morgan fingerprint density at radius 3 is 2.67 bits per heavy atom. The first-order valence-corrected chi connectivity index (χ1v) is 9.50. The Labute approximate surface area is 170 Å². The number of aromatic nitrogens is 2. The molecule has 4 rings (SSSR count). The zero-order chi connectivity index (χ0) is 18.6. The molecule has 6 heteroatoms. The molecule has 134 valence electrons. The van der Waals surface area contributed by atoms with Crippen molar-refractivity contribution in [3.63, 3.8) is 0 Å². The van der Waals surface area contributed by atoms with Crippen molar-refractivity contribution in [1.29, 1.82) is 0 Å². The summed E-state index contributed by atoms with van der Waals surface area (Å²) in [4.78, 5) is 0. The minimum atomic E-state index is 0.469. The molecular formula is C21H15BrClN3O. The van der Waals surface area contributed by atoms with Crippen molar-refractivity contribution < 1.29 is 4.74 Å². The number of hydrogen-bond acceptors (Lipinski definition) is 4. The van der Waals surface area contributed by atoms with Gasteiger partial charge in [-0.15, -0.1) is 5.10 Å². The van der Waals surface area contributed by atoms with E-state index >= 15 is 0 Å². The molecule has 0 aliphatic rings. The van der Waals surface area contributed by atoms with Gasteiger partial charge in [0.05, 0.1) is 11.2 Å². The molecule has 1 heterocycles. The second-order valence-electron chi connectivity index (χ2n) is 5.97. The highest BCUT2D eigenvalue weighted by molar-refractivity contribution is 9.10. The van der Waals surface area contributed by atoms with E-state index in [9.17, 15) is 0 Å². The Hall–Kier alpha value is -2.63. The third-order valence-electron chi connectivity index (χ3n) is 4.06. The normalized spacial score (nSPS) is 10.7. The lowest BCUT2D eigenvalue weighted by molar-refractivity contribution is 0.306. The van der Waals surface area contributed by atoms with Crippen LogP contribution in [0.4, 0.5) is 11.5 Å². The Morgan fingerprint density at radius 1 is 1.00 bits per heavy atom. The maximum absolute atomic E-state index is 6.39. The Kier molecular flexibility index (Phi) is 5.23. The molecule has 0 saturated heterocycles. The quantitative estimate of drug-likeness (QED) is 0.392. The molecule has 0 atom stereocenters. The van der Waals surface area contributed by atoms with Gasteiger partial charge in [-0.25, -0.2) is 0 Å². The van der Waals surface area contributed by atoms with E-state index in [-0.39, 0.29) is 0 Å². The summed E-state index contributed by atoms with van der Waals surface area (Å²) in [5, 5.41) is 14.1. The van der Waals surface area contributed by atoms with Gasteiger partial charge in [0.25, 0.3) is 0 Å². The van der Waals surface area contributed by atoms with Crippen LogP contribution < -0.4 is 10.1 Å². The summed E-state index contributed by atoms with van der Waals surface area (Å²) in [5.74, 6) is 1.31. The number of nitrogens with one attached hydrogen (secondary N) is 1. The second-order valence-corrected chi connectivity index (χ2v) is 7.29. The van der Waals surface area contributed by atoms with Gasteiger partial charge >= 0.3 is 0 Å². The van der Waals surface area contributed by atoms with Crippen molar-refractivity contribution in [3.05, 3.63) is 88.0 Å². The number of benzene rings is 3. The minimum Gasteiger partial charge on any atom is -0.487 e. The molecule has 1 aromatic heterocycles. The Bertz CT molecular complexity index is 1090. The van der Waals surface area contributed by atoms with E-state index in [1.807, 2.05) is 66.7 Å². The van der Waals surface area contributed by atoms with E-state index in [2.05, 4.69) is 31.4 Å². The first-order valence-electron chi connectivity index (χ1n) is 8.33. The molecule has 0 radical (unpaired) electrons. The SMILES string of the molecule is Clc1cc(Nc2nncc3cc(Br)ccc23)ccc1OCc1ccccc1. The Morgan fingerprint density at radius 2 is 1.85 bits per heavy atom. The van der Waals surface area contributed by atoms with E-state index in [0.29, 0.717) is 23.2 Å². The summed E-state index contributed by atoms with van der Waals surface area (Å²) in [6.45, 7) is 0.469. The lowest BCUT2D eigenvalue weighted by Crippen LogP contribution is -1.98. The summed E-state index contributed by atoms with van der Waals surface area (Å²) in [5.41, 5.74) is 1.91. The van der Waals surface area contributed by atoms with Gasteiger partial charge in [0.15, 0.2) is 5.82 Å². The zero-order valence-corrected chi connectivity index (χ0v) is 16.5. The molecule has 0 aliphatic carbocycles. The predicted molar refractivity (Wildman–Crippen MR) is 113 cm³/mol. The maximum atomic E-state index is 6.39. The van der Waals surface area contributed by atoms with Crippen molar-refractivity contribution in [3.8, 4) is 5.75 Å². The fraction of sp³-hybridized carbons (Fsp3) is 0.0476. The van der Waals surface area contributed by atoms with Crippen LogP contribution in [0, 0.1) is 0 Å². The molecule has 27 heavy (non-hydrogen) atoms. The topological polar surface area (TPSA) is 47.0 Å². The van der Waals surface area contributed by atoms with Gasteiger partial charge in [-0.05, 0) is 42.0 Å². The molecule has 0 amide bonds. The minimum absolute atomic E-state index is 0.469. The van der Waals surface area contributed by atoms with Crippen LogP contribution in [0.15, 0.2) is 77.4 Å². The lowest BCUT2D eigenvalue weighted by Gasteiger charge is -2.12. The average molecular weight is 441 g/mol. The van der Waals surface area contributed by atoms with E-state index in [0.717, 1.165) is 26.5 Å². The summed E-state index contributed by atoms with van der Waals surface area (Å²) in [6.07, 6.45) is 1.73. The first-order chi connectivity index (χ1) is 13.2. The molecular weight excluding hydrogens is 426 g/mol. The predicted octanol–water partition coefficient (Wildman–Crippen LogP) is 6.37. The van der Waals surface area contributed by atoms with Crippen LogP contribution in [-0.4, -0.2) is 10.2 Å². The monoisotopic (exact) mass is 439 g/mol. The van der Waals surface area contributed by atoms with Crippen molar-refractivity contribution in [2.75, 3.05) is 5.32 Å². The number of halogens is 2. The standard InChI is InChI=1S/C21H15BrClN3O/c22-16-6-8-18-15(10-16)12-24-26-21(18)25-17-7-9-20(19(23)11-17)27-13-14-4-2-1-3-5-14/h1-12H,13H2,(H,25,26). The van der Waals surface area contributed by atoms with E-state index in [4.69, 9.17) is 16.3 Å². The molecule has 0 bridgehead atoms. The molecule has 4 aromatic rings. The van der Waals surface area contributed by atoms with Gasteiger partial charge in [-0.2, -0.15) is 5.10 Å². The fourth-order valence-corrected chi connectivity index (χ4v) is 3.33. The highest BCUT2D eigenvalue weighted by Crippen LogP contribution is 2.31. The molecule has 4 nitrogen and oxygen atoms in total. The number of hydrogen-bond donors (Lipinski definition) is 1. The first kappa shape index (κ1) is 17.8. The largest absolute Gasteiger partial charge is 0.487 e. The smallest absolute Gasteiger partial charge is 0.160 e. The summed E-state index contributed by atoms with van der Waals surface area (Å²) >= 11 is 9.87. The highest BCUT2D eigenvalue weighted by Gasteiger charge is 2.08. The number of fused-ring (bicyclic) bond motifs is 1. The van der Waals surface area contributed by atoms with Gasteiger partial charge in [-0.3, -0.25) is 0 Å². The number of anilines is 2. The van der Waals surface area contributed by atoms with E-state index < -0.39 is 0 Å². The zero-order valence-electron chi connectivity index (χ0n) is 14.2. The van der Waals surface area contributed by atoms with Crippen LogP contribution in [-0.2, 0) is 6.61 Å². The maximum Gasteiger partial charge on any atom is 0.160 e. The van der Waals surface area contributed by atoms with Crippen LogP contribution in [0.25, 0.3) is 10.8 Å². The van der Waals surface area contributed by atoms with Crippen molar-refractivity contribution in [2.45, 2.75) is 6.61 Å². The van der Waals surface area contributed by atoms with Crippen molar-refractivity contribution >= 4 is 49.8 Å². The third kappa shape index (κ3) is 4.21. The highest BCUT2D eigenvalue weighted by atomic mass is 79.9. The second kappa shape index (κ2) is 7.94. The van der Waals surface area contributed by atoms with Crippen LogP contribution >= 0.6 is 27.5 Å². The van der Waals surface area contributed by atoms with Crippen LogP contribution in [0.5, 0.6) is 5.75 Å². The molecule has 0 saturated carbocycles. The van der Waals surface area contributed by atoms with E-state index in [1.54, 1.807) is 6.20 Å². The van der Waals surface area contributed by atoms with Crippen LogP contribution in [0.3, 0.4) is 0 Å². The third-order valence-corrected chi connectivity index (χ3v) is 4.84. The molecule has 0 fully saturated rings. The molecule has 0 aliphatic heterocycles. The van der Waals surface area contributed by atoms with Gasteiger partial charge in [0, 0.05) is 20.9 Å². The number of rotatable bonds is 5. The number of ether oxygens (including phenoxy) is 1. The molecule has 0 unspecified atom stereocenters. The molecule has 1 N–H and O–H groups in total. The van der Waals surface area contributed by atoms with Crippen molar-refractivity contribution in [1.82, 2.24) is 10.2 Å². The molecule has 0 spiro atoms. The average Bonchev–Trinajstić information content (AvgIpc) is 2.68. The summed E-state index contributed by atoms with van der Waals surface area (Å²) in [7, 11) is 0. The van der Waals surface area contributed by atoms with Crippen molar-refractivity contribution in [2.24, 2.45) is 0 Å². The summed E-state index contributed by atoms with van der Waals surface area (Å²) < 4.78 is 6.82. The Balaban J connectivity index is 1.53. The van der Waals surface area contributed by atoms with Gasteiger partial charge in [-0.1, -0.05) is 57.9 Å². The molecule has 3 aromatic carbocycles. The van der Waals surface area contributed by atoms with Crippen LogP contribution in [0.1, 0.15) is 5.56 Å². The summed E-state index contributed by atoms with van der Waals surface area (Å²) in [6, 6.07) is 21.5. The van der Waals surface area contributed by atoms with E-state index in [1.165, 1.54) is 0 Å². The van der Waals surface area contributed by atoms with Crippen LogP contribution in [0.2, 0.25) is 5.02 Å². The lowest BCUT2D eigenvalue weighted by atomic mass is 10.2. The van der Waals surface area contributed by atoms with Gasteiger partial charge in [0.2, 0.25) is 0 Å². The number of nitrogens with zero attached hydrogens (tertiary/aromatic N) is 2. The fourth-order valence-electron chi connectivity index (χ4n) is 2.72.